The molecule has 3 aromatic rings. The van der Waals surface area contributed by atoms with Crippen molar-refractivity contribution >= 4 is 17.2 Å². The Bertz CT molecular complexity index is 903. The fraction of sp³-hybridized carbons (Fsp3) is 0.333. The van der Waals surface area contributed by atoms with Gasteiger partial charge >= 0.3 is 0 Å². The van der Waals surface area contributed by atoms with Crippen LogP contribution in [0.15, 0.2) is 54.9 Å². The summed E-state index contributed by atoms with van der Waals surface area (Å²) in [7, 11) is 0. The predicted molar refractivity (Wildman–Crippen MR) is 105 cm³/mol. The van der Waals surface area contributed by atoms with Gasteiger partial charge in [-0.25, -0.2) is 0 Å². The molecule has 3 heterocycles. The van der Waals surface area contributed by atoms with E-state index in [1.807, 2.05) is 35.3 Å². The number of carbonyl (C=O) groups excluding carboxylic acids is 1. The molecule has 1 saturated heterocycles. The minimum absolute atomic E-state index is 0.0550. The first-order valence-corrected chi connectivity index (χ1v) is 10.0. The van der Waals surface area contributed by atoms with Crippen molar-refractivity contribution in [2.45, 2.75) is 32.5 Å². The van der Waals surface area contributed by atoms with Crippen molar-refractivity contribution in [1.82, 2.24) is 15.1 Å². The lowest BCUT2D eigenvalue weighted by molar-refractivity contribution is -0.126. The van der Waals surface area contributed by atoms with Crippen LogP contribution < -0.4 is 5.32 Å². The molecule has 4 rings (SSSR count). The molecule has 1 fully saturated rings. The van der Waals surface area contributed by atoms with Crippen LogP contribution in [0.5, 0.6) is 0 Å². The van der Waals surface area contributed by atoms with Gasteiger partial charge in [0.25, 0.3) is 0 Å². The summed E-state index contributed by atoms with van der Waals surface area (Å²) < 4.78 is 7.78. The number of ether oxygens (including phenoxy) is 1. The fourth-order valence-corrected chi connectivity index (χ4v) is 4.29. The highest BCUT2D eigenvalue weighted by Gasteiger charge is 2.35. The second-order valence-corrected chi connectivity index (χ2v) is 8.25. The molecule has 0 spiro atoms. The van der Waals surface area contributed by atoms with Gasteiger partial charge in [0.2, 0.25) is 5.91 Å². The van der Waals surface area contributed by atoms with Crippen LogP contribution in [-0.2, 0) is 22.6 Å². The van der Waals surface area contributed by atoms with Gasteiger partial charge in [0, 0.05) is 28.1 Å². The van der Waals surface area contributed by atoms with E-state index in [2.05, 4.69) is 41.6 Å². The Kier molecular flexibility index (Phi) is 5.36. The Hall–Kier alpha value is -2.44. The standard InChI is InChI=1S/C21H23N3O2S/c1-15-7-8-18(27-15)12-22-21(25)19-9-10-26-20(19)17-11-23-24(14-17)13-16-5-3-2-4-6-16/h2-8,11,14,19-20H,9-10,12-13H2,1H3,(H,22,25)/t19-,20+/m0/s1. The number of hydrogen-bond acceptors (Lipinski definition) is 4. The van der Waals surface area contributed by atoms with Crippen molar-refractivity contribution in [2.24, 2.45) is 5.92 Å². The zero-order valence-corrected chi connectivity index (χ0v) is 16.1. The number of benzene rings is 1. The molecule has 5 nitrogen and oxygen atoms in total. The minimum Gasteiger partial charge on any atom is -0.373 e. The molecule has 1 aliphatic rings. The zero-order valence-electron chi connectivity index (χ0n) is 15.3. The van der Waals surface area contributed by atoms with E-state index < -0.39 is 0 Å². The summed E-state index contributed by atoms with van der Waals surface area (Å²) in [5.41, 5.74) is 2.16. The average molecular weight is 382 g/mol. The highest BCUT2D eigenvalue weighted by molar-refractivity contribution is 7.11. The molecule has 1 aliphatic heterocycles. The van der Waals surface area contributed by atoms with Crippen LogP contribution in [0, 0.1) is 12.8 Å². The second-order valence-electron chi connectivity index (χ2n) is 6.87. The molecule has 0 saturated carbocycles. The van der Waals surface area contributed by atoms with E-state index in [0.29, 0.717) is 19.7 Å². The molecular formula is C21H23N3O2S. The first-order chi connectivity index (χ1) is 13.2. The van der Waals surface area contributed by atoms with Crippen LogP contribution in [0.4, 0.5) is 0 Å². The van der Waals surface area contributed by atoms with E-state index in [1.165, 1.54) is 15.3 Å². The predicted octanol–water partition coefficient (Wildman–Crippen LogP) is 3.70. The Morgan fingerprint density at radius 1 is 1.30 bits per heavy atom. The van der Waals surface area contributed by atoms with Crippen LogP contribution in [0.3, 0.4) is 0 Å². The number of thiophene rings is 1. The molecule has 0 radical (unpaired) electrons. The van der Waals surface area contributed by atoms with Gasteiger partial charge in [-0.1, -0.05) is 30.3 Å². The minimum atomic E-state index is -0.223. The molecule has 27 heavy (non-hydrogen) atoms. The summed E-state index contributed by atoms with van der Waals surface area (Å²) in [5, 5.41) is 7.52. The smallest absolute Gasteiger partial charge is 0.226 e. The molecule has 2 atom stereocenters. The molecule has 140 valence electrons. The van der Waals surface area contributed by atoms with E-state index in [9.17, 15) is 4.79 Å². The fourth-order valence-electron chi connectivity index (χ4n) is 3.46. The summed E-state index contributed by atoms with van der Waals surface area (Å²) >= 11 is 1.71. The van der Waals surface area contributed by atoms with Crippen LogP contribution in [-0.4, -0.2) is 22.3 Å². The third-order valence-corrected chi connectivity index (χ3v) is 5.83. The molecule has 0 aliphatic carbocycles. The summed E-state index contributed by atoms with van der Waals surface area (Å²) in [4.78, 5) is 15.1. The van der Waals surface area contributed by atoms with Gasteiger partial charge in [-0.2, -0.15) is 5.10 Å². The third kappa shape index (κ3) is 4.28. The number of nitrogens with one attached hydrogen (secondary N) is 1. The van der Waals surface area contributed by atoms with Crippen molar-refractivity contribution in [3.63, 3.8) is 0 Å². The first-order valence-electron chi connectivity index (χ1n) is 9.20. The summed E-state index contributed by atoms with van der Waals surface area (Å²) in [6.07, 6.45) is 4.33. The Morgan fingerprint density at radius 2 is 2.15 bits per heavy atom. The van der Waals surface area contributed by atoms with Gasteiger partial charge in [-0.3, -0.25) is 9.48 Å². The SMILES string of the molecule is Cc1ccc(CNC(=O)[C@H]2CCO[C@@H]2c2cnn(Cc3ccccc3)c2)s1. The van der Waals surface area contributed by atoms with Gasteiger partial charge in [0.1, 0.15) is 0 Å². The maximum Gasteiger partial charge on any atom is 0.226 e. The van der Waals surface area contributed by atoms with E-state index in [1.54, 1.807) is 11.3 Å². The molecule has 1 N–H and O–H groups in total. The number of hydrogen-bond donors (Lipinski definition) is 1. The molecule has 0 unspecified atom stereocenters. The summed E-state index contributed by atoms with van der Waals surface area (Å²) in [6, 6.07) is 14.4. The van der Waals surface area contributed by atoms with Gasteiger partial charge in [0.15, 0.2) is 0 Å². The van der Waals surface area contributed by atoms with Crippen LogP contribution in [0.25, 0.3) is 0 Å². The lowest BCUT2D eigenvalue weighted by Gasteiger charge is -2.16. The Balaban J connectivity index is 1.39. The number of nitrogens with zero attached hydrogens (tertiary/aromatic N) is 2. The highest BCUT2D eigenvalue weighted by atomic mass is 32.1. The van der Waals surface area contributed by atoms with Crippen molar-refractivity contribution in [1.29, 1.82) is 0 Å². The van der Waals surface area contributed by atoms with Crippen LogP contribution in [0.1, 0.15) is 33.4 Å². The molecular weight excluding hydrogens is 358 g/mol. The van der Waals surface area contributed by atoms with Gasteiger partial charge in [-0.15, -0.1) is 11.3 Å². The quantitative estimate of drug-likeness (QED) is 0.708. The highest BCUT2D eigenvalue weighted by Crippen LogP contribution is 2.34. The lowest BCUT2D eigenvalue weighted by Crippen LogP contribution is -2.31. The maximum absolute atomic E-state index is 12.7. The zero-order chi connectivity index (χ0) is 18.6. The van der Waals surface area contributed by atoms with Crippen molar-refractivity contribution in [3.05, 3.63) is 75.7 Å². The van der Waals surface area contributed by atoms with E-state index in [4.69, 9.17) is 4.74 Å². The average Bonchev–Trinajstić information content (AvgIpc) is 3.41. The molecule has 1 aromatic carbocycles. The molecule has 2 aromatic heterocycles. The van der Waals surface area contributed by atoms with E-state index in [0.717, 1.165) is 12.0 Å². The van der Waals surface area contributed by atoms with Gasteiger partial charge in [0.05, 0.1) is 31.3 Å². The second kappa shape index (κ2) is 8.06. The van der Waals surface area contributed by atoms with Crippen molar-refractivity contribution in [2.75, 3.05) is 6.61 Å². The normalized spacial score (nSPS) is 19.3. The first kappa shape index (κ1) is 17.9. The molecule has 1 amide bonds. The Labute approximate surface area is 163 Å². The molecule has 0 bridgehead atoms. The van der Waals surface area contributed by atoms with E-state index in [-0.39, 0.29) is 17.9 Å². The van der Waals surface area contributed by atoms with Crippen molar-refractivity contribution < 1.29 is 9.53 Å². The largest absolute Gasteiger partial charge is 0.373 e. The van der Waals surface area contributed by atoms with Crippen LogP contribution in [0.2, 0.25) is 0 Å². The van der Waals surface area contributed by atoms with Crippen LogP contribution >= 0.6 is 11.3 Å². The number of carbonyl (C=O) groups is 1. The Morgan fingerprint density at radius 3 is 2.93 bits per heavy atom. The van der Waals surface area contributed by atoms with Crippen molar-refractivity contribution in [3.8, 4) is 0 Å². The number of rotatable bonds is 6. The topological polar surface area (TPSA) is 56.1 Å². The summed E-state index contributed by atoms with van der Waals surface area (Å²) in [6.45, 7) is 3.96. The van der Waals surface area contributed by atoms with Gasteiger partial charge in [-0.05, 0) is 31.0 Å². The number of aryl methyl sites for hydroxylation is 1. The molecule has 6 heteroatoms. The van der Waals surface area contributed by atoms with E-state index >= 15 is 0 Å². The number of amides is 1. The van der Waals surface area contributed by atoms with Gasteiger partial charge < -0.3 is 10.1 Å². The monoisotopic (exact) mass is 381 g/mol. The third-order valence-electron chi connectivity index (χ3n) is 4.83. The number of aromatic nitrogens is 2. The lowest BCUT2D eigenvalue weighted by atomic mass is 9.96. The maximum atomic E-state index is 12.7. The summed E-state index contributed by atoms with van der Waals surface area (Å²) in [5.74, 6) is -0.111.